The molecule has 0 aromatic carbocycles. The summed E-state index contributed by atoms with van der Waals surface area (Å²) < 4.78 is 4.74. The van der Waals surface area contributed by atoms with E-state index in [1.807, 2.05) is 0 Å². The van der Waals surface area contributed by atoms with Crippen molar-refractivity contribution >= 4 is 17.8 Å². The molecule has 2 amide bonds. The van der Waals surface area contributed by atoms with E-state index in [0.29, 0.717) is 0 Å². The van der Waals surface area contributed by atoms with Gasteiger partial charge in [-0.2, -0.15) is 0 Å². The highest BCUT2D eigenvalue weighted by Crippen LogP contribution is 2.24. The van der Waals surface area contributed by atoms with Crippen molar-refractivity contribution in [2.75, 3.05) is 13.7 Å². The lowest BCUT2D eigenvalue weighted by atomic mass is 10.1. The van der Waals surface area contributed by atoms with Crippen LogP contribution in [0, 0.1) is 5.92 Å². The van der Waals surface area contributed by atoms with Gasteiger partial charge < -0.3 is 20.5 Å². The minimum absolute atomic E-state index is 0.0144. The Morgan fingerprint density at radius 3 is 2.38 bits per heavy atom. The van der Waals surface area contributed by atoms with Crippen molar-refractivity contribution in [3.05, 3.63) is 0 Å². The molecule has 1 fully saturated rings. The second-order valence-corrected chi connectivity index (χ2v) is 5.51. The smallest absolute Gasteiger partial charge is 0.328 e. The Morgan fingerprint density at radius 2 is 1.86 bits per heavy atom. The molecule has 2 unspecified atom stereocenters. The Balaban J connectivity index is 2.35. The lowest BCUT2D eigenvalue weighted by molar-refractivity contribution is -0.143. The maximum absolute atomic E-state index is 11.9. The predicted octanol–water partition coefficient (Wildman–Crippen LogP) is 0.287. The highest BCUT2D eigenvalue weighted by Gasteiger charge is 2.25. The standard InChI is InChI=1S/C14H24N2O5/c1-9(15-13(18)10-5-3-4-6-10)7-12(17)16-11(8-21-2)14(19)20/h9-11H,3-8H2,1-2H3,(H,15,18)(H,16,17)(H,19,20). The van der Waals surface area contributed by atoms with Crippen LogP contribution in [0.25, 0.3) is 0 Å². The lowest BCUT2D eigenvalue weighted by Crippen LogP contribution is -2.46. The molecule has 1 aliphatic carbocycles. The highest BCUT2D eigenvalue weighted by molar-refractivity contribution is 5.85. The summed E-state index contributed by atoms with van der Waals surface area (Å²) in [6.07, 6.45) is 4.00. The van der Waals surface area contributed by atoms with Crippen molar-refractivity contribution < 1.29 is 24.2 Å². The van der Waals surface area contributed by atoms with E-state index in [-0.39, 0.29) is 30.9 Å². The first kappa shape index (κ1) is 17.4. The highest BCUT2D eigenvalue weighted by atomic mass is 16.5. The average Bonchev–Trinajstić information content (AvgIpc) is 2.91. The molecule has 21 heavy (non-hydrogen) atoms. The van der Waals surface area contributed by atoms with Crippen LogP contribution in [-0.2, 0) is 19.1 Å². The Hall–Kier alpha value is -1.63. The van der Waals surface area contributed by atoms with Crippen LogP contribution in [0.15, 0.2) is 0 Å². The van der Waals surface area contributed by atoms with E-state index in [1.54, 1.807) is 6.92 Å². The van der Waals surface area contributed by atoms with Crippen LogP contribution < -0.4 is 10.6 Å². The van der Waals surface area contributed by atoms with E-state index >= 15 is 0 Å². The number of hydrogen-bond donors (Lipinski definition) is 3. The van der Waals surface area contributed by atoms with Crippen LogP contribution in [0.2, 0.25) is 0 Å². The summed E-state index contributed by atoms with van der Waals surface area (Å²) in [5.74, 6) is -1.53. The number of carboxylic acid groups (broad SMARTS) is 1. The van der Waals surface area contributed by atoms with Crippen LogP contribution in [0.1, 0.15) is 39.0 Å². The molecule has 0 aromatic rings. The van der Waals surface area contributed by atoms with Gasteiger partial charge in [-0.1, -0.05) is 12.8 Å². The van der Waals surface area contributed by atoms with E-state index in [1.165, 1.54) is 7.11 Å². The number of ether oxygens (including phenoxy) is 1. The van der Waals surface area contributed by atoms with Crippen LogP contribution in [0.4, 0.5) is 0 Å². The molecular weight excluding hydrogens is 276 g/mol. The summed E-state index contributed by atoms with van der Waals surface area (Å²) in [7, 11) is 1.37. The van der Waals surface area contributed by atoms with E-state index in [0.717, 1.165) is 25.7 Å². The summed E-state index contributed by atoms with van der Waals surface area (Å²) in [6, 6.07) is -1.39. The molecule has 0 aliphatic heterocycles. The maximum Gasteiger partial charge on any atom is 0.328 e. The normalized spacial score (nSPS) is 18.0. The number of carbonyl (C=O) groups excluding carboxylic acids is 2. The number of nitrogens with one attached hydrogen (secondary N) is 2. The molecule has 0 bridgehead atoms. The molecule has 1 rings (SSSR count). The third-order valence-corrected chi connectivity index (χ3v) is 3.57. The Bertz CT molecular complexity index is 380. The van der Waals surface area contributed by atoms with Crippen molar-refractivity contribution in [3.63, 3.8) is 0 Å². The molecule has 7 nitrogen and oxygen atoms in total. The number of rotatable bonds is 8. The zero-order chi connectivity index (χ0) is 15.8. The number of amides is 2. The average molecular weight is 300 g/mol. The minimum atomic E-state index is -1.15. The van der Waals surface area contributed by atoms with Crippen LogP contribution in [0.5, 0.6) is 0 Å². The fraction of sp³-hybridized carbons (Fsp3) is 0.786. The second-order valence-electron chi connectivity index (χ2n) is 5.51. The van der Waals surface area contributed by atoms with E-state index in [9.17, 15) is 14.4 Å². The van der Waals surface area contributed by atoms with E-state index < -0.39 is 17.9 Å². The zero-order valence-corrected chi connectivity index (χ0v) is 12.6. The molecule has 3 N–H and O–H groups in total. The molecule has 1 saturated carbocycles. The minimum Gasteiger partial charge on any atom is -0.480 e. The number of hydrogen-bond acceptors (Lipinski definition) is 4. The van der Waals surface area contributed by atoms with Crippen LogP contribution in [0.3, 0.4) is 0 Å². The van der Waals surface area contributed by atoms with Gasteiger partial charge in [0.2, 0.25) is 11.8 Å². The van der Waals surface area contributed by atoms with E-state index in [4.69, 9.17) is 9.84 Å². The summed E-state index contributed by atoms with van der Waals surface area (Å²) in [6.45, 7) is 1.64. The van der Waals surface area contributed by atoms with Crippen LogP contribution >= 0.6 is 0 Å². The van der Waals surface area contributed by atoms with Gasteiger partial charge in [-0.3, -0.25) is 9.59 Å². The van der Waals surface area contributed by atoms with Gasteiger partial charge in [0.25, 0.3) is 0 Å². The number of carboxylic acids is 1. The van der Waals surface area contributed by atoms with Gasteiger partial charge in [0.05, 0.1) is 6.61 Å². The van der Waals surface area contributed by atoms with Gasteiger partial charge >= 0.3 is 5.97 Å². The SMILES string of the molecule is COCC(NC(=O)CC(C)NC(=O)C1CCCC1)C(=O)O. The van der Waals surface area contributed by atoms with Gasteiger partial charge in [-0.25, -0.2) is 4.79 Å². The third-order valence-electron chi connectivity index (χ3n) is 3.57. The monoisotopic (exact) mass is 300 g/mol. The summed E-state index contributed by atoms with van der Waals surface area (Å²) in [5.41, 5.74) is 0. The molecule has 0 aromatic heterocycles. The summed E-state index contributed by atoms with van der Waals surface area (Å²) >= 11 is 0. The van der Waals surface area contributed by atoms with Crippen molar-refractivity contribution in [3.8, 4) is 0 Å². The largest absolute Gasteiger partial charge is 0.480 e. The Kier molecular flexibility index (Phi) is 7.14. The Labute approximate surface area is 124 Å². The number of aliphatic carboxylic acids is 1. The molecule has 120 valence electrons. The predicted molar refractivity (Wildman–Crippen MR) is 75.6 cm³/mol. The first-order chi connectivity index (χ1) is 9.93. The molecule has 1 aliphatic rings. The fourth-order valence-corrected chi connectivity index (χ4v) is 2.47. The molecule has 7 heteroatoms. The first-order valence-electron chi connectivity index (χ1n) is 7.25. The lowest BCUT2D eigenvalue weighted by Gasteiger charge is -2.18. The van der Waals surface area contributed by atoms with Gasteiger partial charge in [-0.15, -0.1) is 0 Å². The molecule has 0 heterocycles. The van der Waals surface area contributed by atoms with Gasteiger partial charge in [0.15, 0.2) is 6.04 Å². The van der Waals surface area contributed by atoms with Gasteiger partial charge in [0, 0.05) is 25.5 Å². The van der Waals surface area contributed by atoms with Crippen molar-refractivity contribution in [2.45, 2.75) is 51.1 Å². The summed E-state index contributed by atoms with van der Waals surface area (Å²) in [5, 5.41) is 14.1. The second kappa shape index (κ2) is 8.61. The van der Waals surface area contributed by atoms with E-state index in [2.05, 4.69) is 10.6 Å². The van der Waals surface area contributed by atoms with Gasteiger partial charge in [-0.05, 0) is 19.8 Å². The summed E-state index contributed by atoms with van der Waals surface area (Å²) in [4.78, 5) is 34.6. The van der Waals surface area contributed by atoms with Crippen LogP contribution in [-0.4, -0.2) is 48.7 Å². The fourth-order valence-electron chi connectivity index (χ4n) is 2.47. The number of carbonyl (C=O) groups is 3. The number of methoxy groups -OCH3 is 1. The molecule has 0 saturated heterocycles. The molecular formula is C14H24N2O5. The van der Waals surface area contributed by atoms with Gasteiger partial charge in [0.1, 0.15) is 0 Å². The van der Waals surface area contributed by atoms with Crippen molar-refractivity contribution in [2.24, 2.45) is 5.92 Å². The maximum atomic E-state index is 11.9. The van der Waals surface area contributed by atoms with Crippen molar-refractivity contribution in [1.82, 2.24) is 10.6 Å². The zero-order valence-electron chi connectivity index (χ0n) is 12.6. The van der Waals surface area contributed by atoms with Crippen molar-refractivity contribution in [1.29, 1.82) is 0 Å². The molecule has 0 spiro atoms. The third kappa shape index (κ3) is 6.12. The molecule has 2 atom stereocenters. The Morgan fingerprint density at radius 1 is 1.24 bits per heavy atom. The topological polar surface area (TPSA) is 105 Å². The molecule has 0 radical (unpaired) electrons. The quantitative estimate of drug-likeness (QED) is 0.597. The first-order valence-corrected chi connectivity index (χ1v) is 7.25.